The molecule has 0 amide bonds. The van der Waals surface area contributed by atoms with Crippen LogP contribution in [0.4, 0.5) is 0 Å². The van der Waals surface area contributed by atoms with E-state index in [0.29, 0.717) is 0 Å². The molecule has 1 heterocycles. The summed E-state index contributed by atoms with van der Waals surface area (Å²) < 4.78 is 0. The fraction of sp³-hybridized carbons (Fsp3) is 0.500. The number of aliphatic carboxylic acids is 1. The van der Waals surface area contributed by atoms with Gasteiger partial charge in [-0.15, -0.1) is 6.58 Å². The van der Waals surface area contributed by atoms with Crippen LogP contribution in [0.15, 0.2) is 18.4 Å². The van der Waals surface area contributed by atoms with Crippen LogP contribution in [0.1, 0.15) is 25.7 Å². The average molecular weight is 197 g/mol. The van der Waals surface area contributed by atoms with Gasteiger partial charge in [0.05, 0.1) is 12.1 Å². The average Bonchev–Trinajstić information content (AvgIpc) is 2.20. The molecule has 1 aliphatic rings. The van der Waals surface area contributed by atoms with Gasteiger partial charge in [-0.1, -0.05) is 6.08 Å². The third kappa shape index (κ3) is 7.13. The Hall–Kier alpha value is -1.54. The van der Waals surface area contributed by atoms with E-state index in [1.807, 2.05) is 5.94 Å². The molecule has 1 fully saturated rings. The van der Waals surface area contributed by atoms with Crippen molar-refractivity contribution < 1.29 is 14.7 Å². The summed E-state index contributed by atoms with van der Waals surface area (Å²) >= 11 is 0. The minimum Gasteiger partial charge on any atom is -0.481 e. The zero-order valence-electron chi connectivity index (χ0n) is 8.08. The molecule has 4 heteroatoms. The molecule has 0 aromatic rings. The van der Waals surface area contributed by atoms with E-state index in [4.69, 9.17) is 5.11 Å². The fourth-order valence-corrected chi connectivity index (χ4v) is 0.965. The molecule has 0 unspecified atom stereocenters. The minimum atomic E-state index is -0.829. The van der Waals surface area contributed by atoms with E-state index in [-0.39, 0.29) is 6.42 Å². The van der Waals surface area contributed by atoms with Crippen LogP contribution in [-0.2, 0) is 9.59 Å². The standard InChI is InChI=1S/C6H9NO.C4H6O2/c8-5-6-3-1-2-4-7-6;1-2-3-4(5)6/h7H,1-4H2;2H,1,3H2,(H,5,6). The van der Waals surface area contributed by atoms with Crippen LogP contribution in [0.3, 0.4) is 0 Å². The molecular weight excluding hydrogens is 182 g/mol. The van der Waals surface area contributed by atoms with Gasteiger partial charge in [0, 0.05) is 6.54 Å². The van der Waals surface area contributed by atoms with Gasteiger partial charge < -0.3 is 10.4 Å². The summed E-state index contributed by atoms with van der Waals surface area (Å²) in [4.78, 5) is 19.5. The molecule has 0 saturated carbocycles. The van der Waals surface area contributed by atoms with Gasteiger partial charge in [0.1, 0.15) is 5.94 Å². The Kier molecular flexibility index (Phi) is 7.19. The monoisotopic (exact) mass is 197 g/mol. The first-order chi connectivity index (χ1) is 6.70. The van der Waals surface area contributed by atoms with Gasteiger partial charge in [0.15, 0.2) is 0 Å². The Morgan fingerprint density at radius 1 is 1.64 bits per heavy atom. The molecule has 0 atom stereocenters. The second kappa shape index (κ2) is 8.08. The second-order valence-corrected chi connectivity index (χ2v) is 2.85. The number of carboxylic acid groups (broad SMARTS) is 1. The lowest BCUT2D eigenvalue weighted by Crippen LogP contribution is -2.19. The summed E-state index contributed by atoms with van der Waals surface area (Å²) in [5.41, 5.74) is 0.747. The van der Waals surface area contributed by atoms with E-state index in [9.17, 15) is 9.59 Å². The molecule has 0 aliphatic carbocycles. The van der Waals surface area contributed by atoms with E-state index >= 15 is 0 Å². The molecule has 0 bridgehead atoms. The summed E-state index contributed by atoms with van der Waals surface area (Å²) in [6.07, 6.45) is 4.62. The van der Waals surface area contributed by atoms with Crippen molar-refractivity contribution in [1.82, 2.24) is 5.32 Å². The summed E-state index contributed by atoms with van der Waals surface area (Å²) in [6.45, 7) is 4.17. The van der Waals surface area contributed by atoms with Crippen molar-refractivity contribution in [3.63, 3.8) is 0 Å². The van der Waals surface area contributed by atoms with Crippen molar-refractivity contribution >= 4 is 11.9 Å². The predicted octanol–water partition coefficient (Wildman–Crippen LogP) is 1.12. The molecule has 0 aromatic carbocycles. The Balaban J connectivity index is 0.000000255. The van der Waals surface area contributed by atoms with Gasteiger partial charge in [-0.25, -0.2) is 4.79 Å². The van der Waals surface area contributed by atoms with Crippen LogP contribution in [0, 0.1) is 0 Å². The molecule has 0 radical (unpaired) electrons. The Morgan fingerprint density at radius 3 is 2.57 bits per heavy atom. The summed E-state index contributed by atoms with van der Waals surface area (Å²) in [5, 5.41) is 10.8. The Morgan fingerprint density at radius 2 is 2.36 bits per heavy atom. The molecule has 14 heavy (non-hydrogen) atoms. The maximum Gasteiger partial charge on any atom is 0.307 e. The van der Waals surface area contributed by atoms with E-state index in [1.54, 1.807) is 0 Å². The van der Waals surface area contributed by atoms with Crippen molar-refractivity contribution in [2.45, 2.75) is 25.7 Å². The topological polar surface area (TPSA) is 66.4 Å². The highest BCUT2D eigenvalue weighted by molar-refractivity contribution is 5.68. The number of piperidine rings is 1. The van der Waals surface area contributed by atoms with E-state index in [0.717, 1.165) is 25.1 Å². The van der Waals surface area contributed by atoms with Crippen LogP contribution >= 0.6 is 0 Å². The van der Waals surface area contributed by atoms with Crippen LogP contribution in [0.5, 0.6) is 0 Å². The molecule has 4 nitrogen and oxygen atoms in total. The second-order valence-electron chi connectivity index (χ2n) is 2.85. The number of nitrogens with one attached hydrogen (secondary N) is 1. The number of carboxylic acids is 1. The van der Waals surface area contributed by atoms with Gasteiger partial charge in [-0.05, 0) is 19.3 Å². The maximum atomic E-state index is 9.94. The highest BCUT2D eigenvalue weighted by Crippen LogP contribution is 2.05. The van der Waals surface area contributed by atoms with Gasteiger partial charge in [0.2, 0.25) is 0 Å². The molecule has 0 spiro atoms. The van der Waals surface area contributed by atoms with Gasteiger partial charge in [-0.2, -0.15) is 0 Å². The quantitative estimate of drug-likeness (QED) is 0.514. The zero-order valence-corrected chi connectivity index (χ0v) is 8.08. The number of carbonyl (C=O) groups excluding carboxylic acids is 1. The van der Waals surface area contributed by atoms with Crippen molar-refractivity contribution in [2.75, 3.05) is 6.54 Å². The van der Waals surface area contributed by atoms with Crippen LogP contribution in [0.25, 0.3) is 0 Å². The van der Waals surface area contributed by atoms with Crippen molar-refractivity contribution in [1.29, 1.82) is 0 Å². The number of carbonyl (C=O) groups is 1. The van der Waals surface area contributed by atoms with E-state index in [2.05, 4.69) is 11.9 Å². The first-order valence-corrected chi connectivity index (χ1v) is 4.51. The lowest BCUT2D eigenvalue weighted by molar-refractivity contribution is -0.135. The van der Waals surface area contributed by atoms with Crippen LogP contribution in [0.2, 0.25) is 0 Å². The van der Waals surface area contributed by atoms with Crippen LogP contribution < -0.4 is 5.32 Å². The summed E-state index contributed by atoms with van der Waals surface area (Å²) in [5.74, 6) is 1.03. The summed E-state index contributed by atoms with van der Waals surface area (Å²) in [6, 6.07) is 0. The van der Waals surface area contributed by atoms with Gasteiger partial charge in [-0.3, -0.25) is 4.79 Å². The van der Waals surface area contributed by atoms with E-state index in [1.165, 1.54) is 12.5 Å². The predicted molar refractivity (Wildman–Crippen MR) is 53.5 cm³/mol. The van der Waals surface area contributed by atoms with Gasteiger partial charge in [0.25, 0.3) is 0 Å². The Bertz CT molecular complexity index is 234. The number of hydrogen-bond acceptors (Lipinski definition) is 3. The summed E-state index contributed by atoms with van der Waals surface area (Å²) in [7, 11) is 0. The SMILES string of the molecule is C=CCC(=O)O.O=C=C1CCCCN1. The molecule has 2 N–H and O–H groups in total. The lowest BCUT2D eigenvalue weighted by Gasteiger charge is -2.11. The van der Waals surface area contributed by atoms with Crippen molar-refractivity contribution in [2.24, 2.45) is 0 Å². The molecule has 0 aromatic heterocycles. The third-order valence-electron chi connectivity index (χ3n) is 1.63. The molecule has 78 valence electrons. The number of rotatable bonds is 2. The number of allylic oxidation sites excluding steroid dienone is 1. The maximum absolute atomic E-state index is 9.94. The highest BCUT2D eigenvalue weighted by Gasteiger charge is 2.02. The smallest absolute Gasteiger partial charge is 0.307 e. The molecule has 1 aliphatic heterocycles. The molecule has 1 rings (SSSR count). The van der Waals surface area contributed by atoms with Crippen molar-refractivity contribution in [3.05, 3.63) is 18.4 Å². The molecular formula is C10H15NO3. The van der Waals surface area contributed by atoms with Gasteiger partial charge >= 0.3 is 5.97 Å². The molecule has 1 saturated heterocycles. The van der Waals surface area contributed by atoms with E-state index < -0.39 is 5.97 Å². The first-order valence-electron chi connectivity index (χ1n) is 4.51. The minimum absolute atomic E-state index is 0.0556. The third-order valence-corrected chi connectivity index (χ3v) is 1.63. The Labute approximate surface area is 83.3 Å². The van der Waals surface area contributed by atoms with Crippen LogP contribution in [-0.4, -0.2) is 23.6 Å². The fourth-order valence-electron chi connectivity index (χ4n) is 0.965. The largest absolute Gasteiger partial charge is 0.481 e. The normalized spacial score (nSPS) is 14.1. The zero-order chi connectivity index (χ0) is 10.8. The highest BCUT2D eigenvalue weighted by atomic mass is 16.4. The number of hydrogen-bond donors (Lipinski definition) is 2. The lowest BCUT2D eigenvalue weighted by atomic mass is 10.1. The first kappa shape index (κ1) is 12.5. The van der Waals surface area contributed by atoms with Crippen molar-refractivity contribution in [3.8, 4) is 0 Å².